The van der Waals surface area contributed by atoms with Crippen molar-refractivity contribution in [3.05, 3.63) is 0 Å². The number of amides is 2. The van der Waals surface area contributed by atoms with Crippen LogP contribution in [0, 0.1) is 0 Å². The fourth-order valence-corrected chi connectivity index (χ4v) is 2.86. The molecule has 2 saturated heterocycles. The zero-order chi connectivity index (χ0) is 15.5. The van der Waals surface area contributed by atoms with Crippen LogP contribution in [-0.2, 0) is 19.1 Å². The summed E-state index contributed by atoms with van der Waals surface area (Å²) in [5.74, 6) is 0.182. The van der Waals surface area contributed by atoms with E-state index in [0.717, 1.165) is 19.3 Å². The fourth-order valence-electron chi connectivity index (χ4n) is 2.86. The van der Waals surface area contributed by atoms with E-state index in [9.17, 15) is 9.59 Å². The van der Waals surface area contributed by atoms with Crippen LogP contribution in [0.3, 0.4) is 0 Å². The molecule has 1 spiro atoms. The van der Waals surface area contributed by atoms with Gasteiger partial charge in [0, 0.05) is 33.5 Å². The van der Waals surface area contributed by atoms with E-state index in [4.69, 9.17) is 9.47 Å². The summed E-state index contributed by atoms with van der Waals surface area (Å²) >= 11 is 0. The molecule has 1 atom stereocenters. The molecule has 0 aromatic carbocycles. The van der Waals surface area contributed by atoms with Crippen LogP contribution in [0.1, 0.15) is 32.6 Å². The lowest BCUT2D eigenvalue weighted by Crippen LogP contribution is -2.67. The zero-order valence-corrected chi connectivity index (χ0v) is 13.3. The summed E-state index contributed by atoms with van der Waals surface area (Å²) in [5, 5.41) is 0. The first-order valence-electron chi connectivity index (χ1n) is 7.69. The molecule has 0 bridgehead atoms. The number of rotatable bonds is 5. The highest BCUT2D eigenvalue weighted by Gasteiger charge is 2.49. The molecule has 0 radical (unpaired) electrons. The van der Waals surface area contributed by atoms with Crippen LogP contribution in [0.2, 0.25) is 0 Å². The molecule has 2 amide bonds. The number of likely N-dealkylation sites (tertiary alicyclic amines) is 1. The van der Waals surface area contributed by atoms with Gasteiger partial charge in [0.2, 0.25) is 11.8 Å². The first-order valence-corrected chi connectivity index (χ1v) is 7.69. The minimum absolute atomic E-state index is 0.0242. The topological polar surface area (TPSA) is 59.1 Å². The number of carbonyl (C=O) groups excluding carboxylic acids is 2. The third-order valence-electron chi connectivity index (χ3n) is 4.16. The molecule has 2 aliphatic heterocycles. The second-order valence-corrected chi connectivity index (χ2v) is 6.25. The van der Waals surface area contributed by atoms with Crippen molar-refractivity contribution in [2.45, 2.75) is 44.3 Å². The number of nitrogens with zero attached hydrogens (tertiary/aromatic N) is 2. The molecule has 6 nitrogen and oxygen atoms in total. The molecular formula is C15H26N2O4. The number of carbonyl (C=O) groups is 2. The monoisotopic (exact) mass is 298 g/mol. The van der Waals surface area contributed by atoms with Gasteiger partial charge in [0.25, 0.3) is 0 Å². The Morgan fingerprint density at radius 1 is 1.38 bits per heavy atom. The van der Waals surface area contributed by atoms with E-state index in [0.29, 0.717) is 26.1 Å². The average molecular weight is 298 g/mol. The lowest BCUT2D eigenvalue weighted by Gasteiger charge is -2.53. The van der Waals surface area contributed by atoms with Gasteiger partial charge in [-0.1, -0.05) is 6.92 Å². The SMILES string of the molecule is CCCC(=O)N1CC2(CC(OCC(=O)N(C)C)CCO2)C1. The summed E-state index contributed by atoms with van der Waals surface area (Å²) in [6.45, 7) is 4.08. The van der Waals surface area contributed by atoms with Crippen LogP contribution in [-0.4, -0.2) is 73.7 Å². The predicted molar refractivity (Wildman–Crippen MR) is 77.8 cm³/mol. The average Bonchev–Trinajstić information content (AvgIpc) is 2.42. The molecule has 0 N–H and O–H groups in total. The first-order chi connectivity index (χ1) is 9.96. The van der Waals surface area contributed by atoms with Gasteiger partial charge in [-0.25, -0.2) is 0 Å². The van der Waals surface area contributed by atoms with Crippen molar-refractivity contribution >= 4 is 11.8 Å². The fraction of sp³-hybridized carbons (Fsp3) is 0.867. The maximum Gasteiger partial charge on any atom is 0.248 e. The number of ether oxygens (including phenoxy) is 2. The summed E-state index contributed by atoms with van der Waals surface area (Å²) < 4.78 is 11.6. The van der Waals surface area contributed by atoms with Gasteiger partial charge >= 0.3 is 0 Å². The van der Waals surface area contributed by atoms with Crippen LogP contribution in [0.15, 0.2) is 0 Å². The third kappa shape index (κ3) is 3.95. The molecule has 0 aliphatic carbocycles. The van der Waals surface area contributed by atoms with Gasteiger partial charge in [-0.15, -0.1) is 0 Å². The molecule has 0 aromatic rings. The summed E-state index contributed by atoms with van der Waals surface area (Å²) in [6.07, 6.45) is 3.11. The smallest absolute Gasteiger partial charge is 0.248 e. The van der Waals surface area contributed by atoms with E-state index in [-0.39, 0.29) is 30.1 Å². The maximum atomic E-state index is 11.8. The molecule has 2 aliphatic rings. The quantitative estimate of drug-likeness (QED) is 0.748. The zero-order valence-electron chi connectivity index (χ0n) is 13.3. The minimum atomic E-state index is -0.243. The molecule has 2 rings (SSSR count). The summed E-state index contributed by atoms with van der Waals surface area (Å²) in [4.78, 5) is 26.8. The molecule has 0 saturated carbocycles. The Morgan fingerprint density at radius 3 is 2.71 bits per heavy atom. The van der Waals surface area contributed by atoms with Crippen molar-refractivity contribution in [3.8, 4) is 0 Å². The second kappa shape index (κ2) is 6.75. The van der Waals surface area contributed by atoms with Crippen LogP contribution in [0.25, 0.3) is 0 Å². The van der Waals surface area contributed by atoms with Crippen molar-refractivity contribution in [1.29, 1.82) is 0 Å². The van der Waals surface area contributed by atoms with Gasteiger partial charge in [-0.3, -0.25) is 9.59 Å². The van der Waals surface area contributed by atoms with Crippen molar-refractivity contribution in [1.82, 2.24) is 9.80 Å². The highest BCUT2D eigenvalue weighted by atomic mass is 16.5. The minimum Gasteiger partial charge on any atom is -0.371 e. The Kier molecular flexibility index (Phi) is 5.22. The lowest BCUT2D eigenvalue weighted by atomic mass is 9.84. The molecule has 2 fully saturated rings. The standard InChI is InChI=1S/C15H26N2O4/c1-4-5-13(18)17-10-15(11-17)8-12(6-7-21-15)20-9-14(19)16(2)3/h12H,4-11H2,1-3H3. The maximum absolute atomic E-state index is 11.8. The van der Waals surface area contributed by atoms with E-state index in [1.807, 2.05) is 11.8 Å². The summed E-state index contributed by atoms with van der Waals surface area (Å²) in [6, 6.07) is 0. The third-order valence-corrected chi connectivity index (χ3v) is 4.16. The Hall–Kier alpha value is -1.14. The molecule has 21 heavy (non-hydrogen) atoms. The molecule has 120 valence electrons. The Bertz CT molecular complexity index is 391. The van der Waals surface area contributed by atoms with Crippen molar-refractivity contribution < 1.29 is 19.1 Å². The van der Waals surface area contributed by atoms with Crippen molar-refractivity contribution in [2.24, 2.45) is 0 Å². The van der Waals surface area contributed by atoms with Gasteiger partial charge in [-0.05, 0) is 12.8 Å². The van der Waals surface area contributed by atoms with E-state index in [1.54, 1.807) is 14.1 Å². The number of hydrogen-bond acceptors (Lipinski definition) is 4. The lowest BCUT2D eigenvalue weighted by molar-refractivity contribution is -0.201. The van der Waals surface area contributed by atoms with Gasteiger partial charge in [0.15, 0.2) is 0 Å². The summed E-state index contributed by atoms with van der Waals surface area (Å²) in [5.41, 5.74) is -0.243. The van der Waals surface area contributed by atoms with Crippen LogP contribution in [0.5, 0.6) is 0 Å². The van der Waals surface area contributed by atoms with Gasteiger partial charge in [0.1, 0.15) is 12.2 Å². The van der Waals surface area contributed by atoms with E-state index < -0.39 is 0 Å². The van der Waals surface area contributed by atoms with Crippen LogP contribution < -0.4 is 0 Å². The second-order valence-electron chi connectivity index (χ2n) is 6.25. The predicted octanol–water partition coefficient (Wildman–Crippen LogP) is 0.651. The van der Waals surface area contributed by atoms with Crippen LogP contribution >= 0.6 is 0 Å². The van der Waals surface area contributed by atoms with Crippen molar-refractivity contribution in [2.75, 3.05) is 40.4 Å². The van der Waals surface area contributed by atoms with E-state index >= 15 is 0 Å². The van der Waals surface area contributed by atoms with E-state index in [1.165, 1.54) is 4.90 Å². The van der Waals surface area contributed by atoms with Gasteiger partial charge < -0.3 is 19.3 Å². The Balaban J connectivity index is 1.77. The largest absolute Gasteiger partial charge is 0.371 e. The van der Waals surface area contributed by atoms with Crippen molar-refractivity contribution in [3.63, 3.8) is 0 Å². The van der Waals surface area contributed by atoms with E-state index in [2.05, 4.69) is 0 Å². The first kappa shape index (κ1) is 16.2. The normalized spacial score (nSPS) is 23.8. The highest BCUT2D eigenvalue weighted by Crippen LogP contribution is 2.35. The van der Waals surface area contributed by atoms with Gasteiger partial charge in [0.05, 0.1) is 19.2 Å². The molecule has 1 unspecified atom stereocenters. The Morgan fingerprint density at radius 2 is 2.10 bits per heavy atom. The molecule has 2 heterocycles. The molecular weight excluding hydrogens is 272 g/mol. The van der Waals surface area contributed by atoms with Crippen LogP contribution in [0.4, 0.5) is 0 Å². The Labute approximate surface area is 126 Å². The molecule has 0 aromatic heterocycles. The number of likely N-dealkylation sites (N-methyl/N-ethyl adjacent to an activating group) is 1. The highest BCUT2D eigenvalue weighted by molar-refractivity contribution is 5.77. The van der Waals surface area contributed by atoms with Gasteiger partial charge in [-0.2, -0.15) is 0 Å². The summed E-state index contributed by atoms with van der Waals surface area (Å²) in [7, 11) is 3.45. The number of hydrogen-bond donors (Lipinski definition) is 0. The molecule has 6 heteroatoms.